The van der Waals surface area contributed by atoms with Crippen LogP contribution in [0.4, 0.5) is 5.69 Å². The van der Waals surface area contributed by atoms with Crippen LogP contribution in [0.3, 0.4) is 0 Å². The fourth-order valence-electron chi connectivity index (χ4n) is 2.73. The average molecular weight is 336 g/mol. The molecule has 6 heteroatoms. The van der Waals surface area contributed by atoms with Gasteiger partial charge < -0.3 is 19.8 Å². The summed E-state index contributed by atoms with van der Waals surface area (Å²) in [6, 6.07) is 11.6. The summed E-state index contributed by atoms with van der Waals surface area (Å²) in [6.07, 6.45) is 3.56. The van der Waals surface area contributed by atoms with Gasteiger partial charge in [-0.2, -0.15) is 5.26 Å². The fraction of sp³-hybridized carbons (Fsp3) is 0.263. The van der Waals surface area contributed by atoms with Crippen LogP contribution in [-0.2, 0) is 6.42 Å². The molecule has 0 aliphatic heterocycles. The van der Waals surface area contributed by atoms with Crippen molar-refractivity contribution in [2.24, 2.45) is 0 Å². The molecule has 128 valence electrons. The largest absolute Gasteiger partial charge is 0.497 e. The van der Waals surface area contributed by atoms with Crippen molar-refractivity contribution in [3.05, 3.63) is 47.9 Å². The van der Waals surface area contributed by atoms with Crippen molar-refractivity contribution in [2.75, 3.05) is 26.1 Å². The first kappa shape index (κ1) is 16.7. The number of pyridine rings is 1. The lowest BCUT2D eigenvalue weighted by molar-refractivity contribution is 0.398. The number of aryl methyl sites for hydroxylation is 1. The van der Waals surface area contributed by atoms with E-state index in [9.17, 15) is 0 Å². The molecule has 0 radical (unpaired) electrons. The zero-order valence-electron chi connectivity index (χ0n) is 14.3. The van der Waals surface area contributed by atoms with Crippen LogP contribution in [0, 0.1) is 11.3 Å². The highest BCUT2D eigenvalue weighted by molar-refractivity contribution is 5.88. The SMILES string of the molecule is COc1cc(OC)c2cc(CCCNc3ccc(C#N)nc3)[nH]c2c1. The number of nitrogens with one attached hydrogen (secondary N) is 2. The number of aromatic amines is 1. The Hall–Kier alpha value is -3.20. The molecule has 2 aromatic heterocycles. The van der Waals surface area contributed by atoms with E-state index < -0.39 is 0 Å². The molecular formula is C19H20N4O2. The predicted molar refractivity (Wildman–Crippen MR) is 97.2 cm³/mol. The molecule has 0 unspecified atom stereocenters. The number of fused-ring (bicyclic) bond motifs is 1. The van der Waals surface area contributed by atoms with Crippen molar-refractivity contribution in [1.82, 2.24) is 9.97 Å². The molecule has 0 aliphatic rings. The van der Waals surface area contributed by atoms with Crippen molar-refractivity contribution in [3.8, 4) is 17.6 Å². The summed E-state index contributed by atoms with van der Waals surface area (Å²) in [7, 11) is 3.31. The van der Waals surface area contributed by atoms with Crippen LogP contribution in [0.15, 0.2) is 36.5 Å². The highest BCUT2D eigenvalue weighted by Gasteiger charge is 2.09. The summed E-state index contributed by atoms with van der Waals surface area (Å²) >= 11 is 0. The Kier molecular flexibility index (Phi) is 5.05. The molecule has 0 bridgehead atoms. The number of nitriles is 1. The third kappa shape index (κ3) is 3.83. The van der Waals surface area contributed by atoms with Gasteiger partial charge in [0.25, 0.3) is 0 Å². The number of aromatic nitrogens is 2. The molecule has 6 nitrogen and oxygen atoms in total. The predicted octanol–water partition coefficient (Wildman–Crippen LogP) is 3.50. The van der Waals surface area contributed by atoms with E-state index in [4.69, 9.17) is 14.7 Å². The van der Waals surface area contributed by atoms with Crippen LogP contribution in [0.5, 0.6) is 11.5 Å². The van der Waals surface area contributed by atoms with E-state index in [1.54, 1.807) is 26.5 Å². The molecule has 0 atom stereocenters. The van der Waals surface area contributed by atoms with Crippen LogP contribution in [0.25, 0.3) is 10.9 Å². The zero-order valence-corrected chi connectivity index (χ0v) is 14.3. The van der Waals surface area contributed by atoms with Gasteiger partial charge in [-0.3, -0.25) is 0 Å². The Labute approximate surface area is 146 Å². The number of ether oxygens (including phenoxy) is 2. The van der Waals surface area contributed by atoms with Crippen LogP contribution < -0.4 is 14.8 Å². The maximum Gasteiger partial charge on any atom is 0.140 e. The Morgan fingerprint density at radius 2 is 2.08 bits per heavy atom. The number of hydrogen-bond donors (Lipinski definition) is 2. The number of anilines is 1. The molecule has 1 aromatic carbocycles. The maximum atomic E-state index is 8.75. The Balaban J connectivity index is 1.60. The van der Waals surface area contributed by atoms with Gasteiger partial charge >= 0.3 is 0 Å². The van der Waals surface area contributed by atoms with Crippen LogP contribution in [0.2, 0.25) is 0 Å². The van der Waals surface area contributed by atoms with Gasteiger partial charge in [-0.25, -0.2) is 4.98 Å². The first-order valence-electron chi connectivity index (χ1n) is 8.07. The van der Waals surface area contributed by atoms with Gasteiger partial charge in [-0.05, 0) is 31.0 Å². The van der Waals surface area contributed by atoms with Crippen molar-refractivity contribution in [1.29, 1.82) is 5.26 Å². The number of H-pyrrole nitrogens is 1. The first-order chi connectivity index (χ1) is 12.2. The standard InChI is InChI=1S/C19H20N4O2/c1-24-16-9-18-17(19(10-16)25-2)8-13(23-18)4-3-7-21-15-6-5-14(11-20)22-12-15/h5-6,8-10,12,21,23H,3-4,7H2,1-2H3. The van der Waals surface area contributed by atoms with E-state index >= 15 is 0 Å². The minimum atomic E-state index is 0.424. The second kappa shape index (κ2) is 7.58. The van der Waals surface area contributed by atoms with E-state index in [-0.39, 0.29) is 0 Å². The Morgan fingerprint density at radius 1 is 1.20 bits per heavy atom. The highest BCUT2D eigenvalue weighted by Crippen LogP contribution is 2.31. The second-order valence-corrected chi connectivity index (χ2v) is 5.66. The van der Waals surface area contributed by atoms with Crippen LogP contribution in [0.1, 0.15) is 17.8 Å². The van der Waals surface area contributed by atoms with Gasteiger partial charge in [0.2, 0.25) is 0 Å². The van der Waals surface area contributed by atoms with Gasteiger partial charge in [0.05, 0.1) is 31.6 Å². The lowest BCUT2D eigenvalue weighted by Crippen LogP contribution is -2.03. The summed E-state index contributed by atoms with van der Waals surface area (Å²) in [4.78, 5) is 7.47. The van der Waals surface area contributed by atoms with Crippen molar-refractivity contribution in [3.63, 3.8) is 0 Å². The van der Waals surface area contributed by atoms with Crippen molar-refractivity contribution in [2.45, 2.75) is 12.8 Å². The third-order valence-corrected chi connectivity index (χ3v) is 4.02. The maximum absolute atomic E-state index is 8.75. The summed E-state index contributed by atoms with van der Waals surface area (Å²) in [6.45, 7) is 0.823. The minimum Gasteiger partial charge on any atom is -0.497 e. The quantitative estimate of drug-likeness (QED) is 0.645. The Bertz CT molecular complexity index is 894. The molecule has 3 rings (SSSR count). The van der Waals surface area contributed by atoms with Crippen LogP contribution >= 0.6 is 0 Å². The molecule has 0 saturated carbocycles. The fourth-order valence-corrected chi connectivity index (χ4v) is 2.73. The lowest BCUT2D eigenvalue weighted by atomic mass is 10.2. The molecule has 0 spiro atoms. The van der Waals surface area contributed by atoms with Crippen LogP contribution in [-0.4, -0.2) is 30.7 Å². The van der Waals surface area contributed by atoms with E-state index in [0.717, 1.165) is 53.2 Å². The second-order valence-electron chi connectivity index (χ2n) is 5.66. The summed E-state index contributed by atoms with van der Waals surface area (Å²) in [5.41, 5.74) is 3.51. The molecule has 0 saturated heterocycles. The van der Waals surface area contributed by atoms with Crippen molar-refractivity contribution >= 4 is 16.6 Å². The number of hydrogen-bond acceptors (Lipinski definition) is 5. The first-order valence-corrected chi connectivity index (χ1v) is 8.07. The molecule has 0 aliphatic carbocycles. The van der Waals surface area contributed by atoms with Gasteiger partial charge in [0.1, 0.15) is 23.3 Å². The zero-order chi connectivity index (χ0) is 17.6. The molecule has 3 aromatic rings. The number of methoxy groups -OCH3 is 2. The van der Waals surface area contributed by atoms with E-state index in [1.165, 1.54) is 0 Å². The van der Waals surface area contributed by atoms with Crippen molar-refractivity contribution < 1.29 is 9.47 Å². The van der Waals surface area contributed by atoms with Gasteiger partial charge in [0, 0.05) is 29.8 Å². The number of nitrogens with zero attached hydrogens (tertiary/aromatic N) is 2. The molecule has 0 fully saturated rings. The molecule has 25 heavy (non-hydrogen) atoms. The smallest absolute Gasteiger partial charge is 0.140 e. The number of benzene rings is 1. The van der Waals surface area contributed by atoms with Gasteiger partial charge in [0.15, 0.2) is 0 Å². The molecule has 2 N–H and O–H groups in total. The van der Waals surface area contributed by atoms with E-state index in [0.29, 0.717) is 5.69 Å². The summed E-state index contributed by atoms with van der Waals surface area (Å²) in [5.74, 6) is 1.58. The number of rotatable bonds is 7. The Morgan fingerprint density at radius 3 is 2.76 bits per heavy atom. The monoisotopic (exact) mass is 336 g/mol. The summed E-state index contributed by atoms with van der Waals surface area (Å²) in [5, 5.41) is 13.1. The highest BCUT2D eigenvalue weighted by atomic mass is 16.5. The topological polar surface area (TPSA) is 83.0 Å². The normalized spacial score (nSPS) is 10.4. The van der Waals surface area contributed by atoms with Gasteiger partial charge in [-0.1, -0.05) is 0 Å². The third-order valence-electron chi connectivity index (χ3n) is 4.02. The average Bonchev–Trinajstić information content (AvgIpc) is 3.07. The van der Waals surface area contributed by atoms with E-state index in [1.807, 2.05) is 24.3 Å². The lowest BCUT2D eigenvalue weighted by Gasteiger charge is -2.05. The molecular weight excluding hydrogens is 316 g/mol. The molecule has 2 heterocycles. The molecule has 0 amide bonds. The van der Waals surface area contributed by atoms with Gasteiger partial charge in [-0.15, -0.1) is 0 Å². The minimum absolute atomic E-state index is 0.424. The summed E-state index contributed by atoms with van der Waals surface area (Å²) < 4.78 is 10.7. The van der Waals surface area contributed by atoms with E-state index in [2.05, 4.69) is 21.4 Å².